The Balaban J connectivity index is 1.84. The van der Waals surface area contributed by atoms with E-state index < -0.39 is 86.7 Å². The predicted octanol–water partition coefficient (Wildman–Crippen LogP) is 1.87. The lowest BCUT2D eigenvalue weighted by Crippen LogP contribution is -2.65. The average Bonchev–Trinajstić information content (AvgIpc) is 2.82. The standard InChI is InChI=1S/C28H34FN3O8/c1-27(2,3)7-6-16(33)31-15-10-14(29)12-8-11-9-13-20(32(4)5)23(36)19(26(30)39)25(38)28(13,40)24(37)17(11)22(35)18(12)21(15)34/h10-11,13,20,34-35,38,40H,6-9H2,1-5H3,(H2,30,39)(H,31,33)/t11-,13-,20-,28-/m0/s1. The summed E-state index contributed by atoms with van der Waals surface area (Å²) in [6.45, 7) is 5.83. The van der Waals surface area contributed by atoms with E-state index in [1.54, 1.807) is 0 Å². The van der Waals surface area contributed by atoms with Crippen molar-refractivity contribution in [2.45, 2.75) is 58.1 Å². The SMILES string of the molecule is CN(C)[C@@H]1C(=O)C(C(N)=O)=C(O)[C@@]2(O)C(=O)C3=C(O)c4c(O)c(NC(=O)CCC(C)(C)C)cc(F)c4C[C@H]3C[C@@H]12. The number of anilines is 1. The highest BCUT2D eigenvalue weighted by molar-refractivity contribution is 6.24. The molecule has 1 fully saturated rings. The van der Waals surface area contributed by atoms with E-state index in [0.717, 1.165) is 6.07 Å². The number of Topliss-reactive ketones (excluding diaryl/α,β-unsaturated/α-hetero) is 2. The number of nitrogens with two attached hydrogens (primary N) is 1. The number of benzene rings is 1. The van der Waals surface area contributed by atoms with Gasteiger partial charge >= 0.3 is 0 Å². The number of carbonyl (C=O) groups excluding carboxylic acids is 4. The summed E-state index contributed by atoms with van der Waals surface area (Å²) in [6.07, 6.45) is 0.256. The number of nitrogens with zero attached hydrogens (tertiary/aromatic N) is 1. The highest BCUT2D eigenvalue weighted by Crippen LogP contribution is 2.53. The van der Waals surface area contributed by atoms with Gasteiger partial charge in [-0.2, -0.15) is 0 Å². The maximum atomic E-state index is 15.4. The number of phenols is 1. The number of fused-ring (bicyclic) bond motifs is 3. The van der Waals surface area contributed by atoms with Crippen LogP contribution in [0.15, 0.2) is 23.0 Å². The molecule has 0 unspecified atom stereocenters. The van der Waals surface area contributed by atoms with E-state index >= 15 is 4.39 Å². The van der Waals surface area contributed by atoms with Crippen molar-refractivity contribution in [1.29, 1.82) is 0 Å². The van der Waals surface area contributed by atoms with Gasteiger partial charge in [0, 0.05) is 29.5 Å². The molecule has 2 amide bonds. The van der Waals surface area contributed by atoms with Crippen molar-refractivity contribution in [2.75, 3.05) is 19.4 Å². The smallest absolute Gasteiger partial charge is 0.255 e. The Bertz CT molecular complexity index is 1410. The molecular formula is C28H34FN3O8. The van der Waals surface area contributed by atoms with E-state index in [1.807, 2.05) is 20.8 Å². The maximum Gasteiger partial charge on any atom is 0.255 e. The minimum atomic E-state index is -2.79. The summed E-state index contributed by atoms with van der Waals surface area (Å²) in [5, 5.41) is 47.1. The molecular weight excluding hydrogens is 525 g/mol. The molecule has 0 heterocycles. The molecule has 1 aromatic rings. The van der Waals surface area contributed by atoms with Gasteiger partial charge in [-0.15, -0.1) is 0 Å². The first-order chi connectivity index (χ1) is 18.4. The number of rotatable bonds is 5. The summed E-state index contributed by atoms with van der Waals surface area (Å²) >= 11 is 0. The van der Waals surface area contributed by atoms with Crippen LogP contribution >= 0.6 is 0 Å². The fourth-order valence-electron chi connectivity index (χ4n) is 6.06. The third-order valence-electron chi connectivity index (χ3n) is 8.04. The fraction of sp³-hybridized carbons (Fsp3) is 0.500. The number of carbonyl (C=O) groups is 4. The van der Waals surface area contributed by atoms with Crippen LogP contribution in [-0.2, 0) is 25.6 Å². The summed E-state index contributed by atoms with van der Waals surface area (Å²) < 4.78 is 15.4. The number of primary amides is 1. The Morgan fingerprint density at radius 3 is 2.38 bits per heavy atom. The third-order valence-corrected chi connectivity index (χ3v) is 8.04. The first kappa shape index (κ1) is 29.2. The summed E-state index contributed by atoms with van der Waals surface area (Å²) in [4.78, 5) is 52.9. The topological polar surface area (TPSA) is 190 Å². The van der Waals surface area contributed by atoms with E-state index in [0.29, 0.717) is 6.42 Å². The fourth-order valence-corrected chi connectivity index (χ4v) is 6.06. The molecule has 40 heavy (non-hydrogen) atoms. The Kier molecular flexibility index (Phi) is 7.09. The second-order valence-electron chi connectivity index (χ2n) is 12.2. The first-order valence-electron chi connectivity index (χ1n) is 12.9. The zero-order valence-electron chi connectivity index (χ0n) is 23.0. The maximum absolute atomic E-state index is 15.4. The van der Waals surface area contributed by atoms with Crippen LogP contribution in [0.5, 0.6) is 5.75 Å². The molecule has 1 saturated carbocycles. The van der Waals surface area contributed by atoms with Crippen molar-refractivity contribution in [3.63, 3.8) is 0 Å². The molecule has 3 aliphatic rings. The van der Waals surface area contributed by atoms with Gasteiger partial charge < -0.3 is 31.5 Å². The monoisotopic (exact) mass is 559 g/mol. The van der Waals surface area contributed by atoms with Gasteiger partial charge in [-0.3, -0.25) is 24.1 Å². The number of aliphatic hydroxyl groups excluding tert-OH is 2. The zero-order chi connectivity index (χ0) is 30.1. The summed E-state index contributed by atoms with van der Waals surface area (Å²) in [5.41, 5.74) is 0.184. The van der Waals surface area contributed by atoms with Crippen LogP contribution in [0.2, 0.25) is 0 Å². The van der Waals surface area contributed by atoms with Crippen LogP contribution in [0.4, 0.5) is 10.1 Å². The van der Waals surface area contributed by atoms with Crippen molar-refractivity contribution in [2.24, 2.45) is 23.0 Å². The Hall–Kier alpha value is -3.77. The molecule has 4 rings (SSSR count). The van der Waals surface area contributed by atoms with Crippen molar-refractivity contribution in [3.8, 4) is 5.75 Å². The van der Waals surface area contributed by atoms with Gasteiger partial charge in [-0.1, -0.05) is 20.8 Å². The molecule has 0 aromatic heterocycles. The van der Waals surface area contributed by atoms with Crippen LogP contribution in [0.25, 0.3) is 5.76 Å². The van der Waals surface area contributed by atoms with Gasteiger partial charge in [0.15, 0.2) is 17.1 Å². The average molecular weight is 560 g/mol. The van der Waals surface area contributed by atoms with Crippen LogP contribution in [-0.4, -0.2) is 74.4 Å². The molecule has 0 spiro atoms. The molecule has 1 aromatic carbocycles. The van der Waals surface area contributed by atoms with Crippen molar-refractivity contribution in [1.82, 2.24) is 4.90 Å². The molecule has 3 aliphatic carbocycles. The number of amides is 2. The van der Waals surface area contributed by atoms with E-state index in [-0.39, 0.29) is 35.9 Å². The minimum Gasteiger partial charge on any atom is -0.508 e. The molecule has 0 radical (unpaired) electrons. The highest BCUT2D eigenvalue weighted by Gasteiger charge is 2.64. The number of aromatic hydroxyl groups is 1. The van der Waals surface area contributed by atoms with Gasteiger partial charge in [-0.05, 0) is 44.7 Å². The number of ketones is 2. The second-order valence-corrected chi connectivity index (χ2v) is 12.2. The highest BCUT2D eigenvalue weighted by atomic mass is 19.1. The Morgan fingerprint density at radius 1 is 1.20 bits per heavy atom. The van der Waals surface area contributed by atoms with Gasteiger partial charge in [0.25, 0.3) is 5.91 Å². The normalized spacial score (nSPS) is 26.4. The number of phenolic OH excluding ortho intramolecular Hbond substituents is 1. The number of hydrogen-bond acceptors (Lipinski definition) is 9. The molecule has 11 nitrogen and oxygen atoms in total. The zero-order valence-corrected chi connectivity index (χ0v) is 23.0. The first-order valence-corrected chi connectivity index (χ1v) is 12.9. The van der Waals surface area contributed by atoms with E-state index in [9.17, 15) is 39.6 Å². The second kappa shape index (κ2) is 9.70. The molecule has 0 saturated heterocycles. The quantitative estimate of drug-likeness (QED) is 0.231. The summed E-state index contributed by atoms with van der Waals surface area (Å²) in [7, 11) is 2.98. The van der Waals surface area contributed by atoms with E-state index in [2.05, 4.69) is 5.32 Å². The number of hydrogen-bond donors (Lipinski definition) is 6. The molecule has 12 heteroatoms. The van der Waals surface area contributed by atoms with Crippen molar-refractivity contribution >= 4 is 34.8 Å². The lowest BCUT2D eigenvalue weighted by Gasteiger charge is -2.50. The van der Waals surface area contributed by atoms with Gasteiger partial charge in [0.2, 0.25) is 11.7 Å². The van der Waals surface area contributed by atoms with Crippen LogP contribution < -0.4 is 11.1 Å². The molecule has 0 bridgehead atoms. The predicted molar refractivity (Wildman–Crippen MR) is 142 cm³/mol. The van der Waals surface area contributed by atoms with Crippen LogP contribution in [0, 0.1) is 23.1 Å². The lowest BCUT2D eigenvalue weighted by atomic mass is 9.57. The Labute approximate surface area is 230 Å². The van der Waals surface area contributed by atoms with E-state index in [4.69, 9.17) is 5.73 Å². The number of halogens is 1. The Morgan fingerprint density at radius 2 is 1.82 bits per heavy atom. The summed E-state index contributed by atoms with van der Waals surface area (Å²) in [6, 6.07) is -0.301. The van der Waals surface area contributed by atoms with Gasteiger partial charge in [0.05, 0.1) is 17.3 Å². The molecule has 4 atom stereocenters. The number of aliphatic hydroxyl groups is 3. The number of nitrogens with one attached hydrogen (secondary N) is 1. The van der Waals surface area contributed by atoms with Crippen molar-refractivity contribution < 1.29 is 44.0 Å². The van der Waals surface area contributed by atoms with Gasteiger partial charge in [-0.25, -0.2) is 4.39 Å². The van der Waals surface area contributed by atoms with Crippen LogP contribution in [0.3, 0.4) is 0 Å². The van der Waals surface area contributed by atoms with Crippen LogP contribution in [0.1, 0.15) is 51.2 Å². The third kappa shape index (κ3) is 4.44. The van der Waals surface area contributed by atoms with Crippen molar-refractivity contribution in [3.05, 3.63) is 39.9 Å². The lowest BCUT2D eigenvalue weighted by molar-refractivity contribution is -0.153. The van der Waals surface area contributed by atoms with E-state index in [1.165, 1.54) is 19.0 Å². The number of likely N-dealkylation sites (N-methyl/N-ethyl adjacent to an activating group) is 1. The molecule has 216 valence electrons. The largest absolute Gasteiger partial charge is 0.508 e. The minimum absolute atomic E-state index is 0.0866. The summed E-state index contributed by atoms with van der Waals surface area (Å²) in [5.74, 6) is -9.63. The molecule has 0 aliphatic heterocycles. The van der Waals surface area contributed by atoms with Gasteiger partial charge in [0.1, 0.15) is 22.9 Å². The molecule has 7 N–H and O–H groups in total.